The number of hydrogen-bond donors (Lipinski definition) is 1. The van der Waals surface area contributed by atoms with Crippen molar-refractivity contribution < 1.29 is 32.2 Å². The summed E-state index contributed by atoms with van der Waals surface area (Å²) in [6.07, 6.45) is 0.0715. The monoisotopic (exact) mass is 550 g/mol. The highest BCUT2D eigenvalue weighted by atomic mass is 32.2. The Morgan fingerprint density at radius 2 is 1.81 bits per heavy atom. The average molecular weight is 551 g/mol. The predicted octanol–water partition coefficient (Wildman–Crippen LogP) is 2.67. The number of anilines is 1. The van der Waals surface area contributed by atoms with Crippen molar-refractivity contribution >= 4 is 38.4 Å². The van der Waals surface area contributed by atoms with Gasteiger partial charge in [0.2, 0.25) is 10.0 Å². The molecule has 2 aromatic rings. The van der Waals surface area contributed by atoms with E-state index in [9.17, 15) is 23.3 Å². The van der Waals surface area contributed by atoms with E-state index < -0.39 is 22.0 Å². The third kappa shape index (κ3) is 6.65. The van der Waals surface area contributed by atoms with Crippen LogP contribution in [0, 0.1) is 11.3 Å². The van der Waals surface area contributed by atoms with Gasteiger partial charge in [0.1, 0.15) is 11.1 Å². The molecule has 11 nitrogen and oxygen atoms in total. The first kappa shape index (κ1) is 28.5. The molecule has 0 saturated heterocycles. The Kier molecular flexibility index (Phi) is 10.0. The van der Waals surface area contributed by atoms with Gasteiger partial charge in [-0.15, -0.1) is 11.3 Å². The van der Waals surface area contributed by atoms with Crippen LogP contribution >= 0.6 is 11.3 Å². The molecule has 2 amide bonds. The molecule has 0 atom stereocenters. The third-order valence-electron chi connectivity index (χ3n) is 5.77. The molecule has 13 heteroatoms. The number of ether oxygens (including phenoxy) is 3. The minimum Gasteiger partial charge on any atom is -0.450 e. The first-order valence-corrected chi connectivity index (χ1v) is 13.9. The summed E-state index contributed by atoms with van der Waals surface area (Å²) in [7, 11) is -0.833. The van der Waals surface area contributed by atoms with Gasteiger partial charge in [-0.3, -0.25) is 4.79 Å². The number of fused-ring (bicyclic) bond motifs is 1. The lowest BCUT2D eigenvalue weighted by Crippen LogP contribution is -2.36. The van der Waals surface area contributed by atoms with E-state index in [2.05, 4.69) is 11.4 Å². The summed E-state index contributed by atoms with van der Waals surface area (Å²) in [4.78, 5) is 27.5. The molecule has 0 radical (unpaired) electrons. The molecular formula is C24H30N4O7S2. The summed E-state index contributed by atoms with van der Waals surface area (Å²) in [5.41, 5.74) is 1.43. The normalized spacial score (nSPS) is 13.2. The maximum absolute atomic E-state index is 13.1. The van der Waals surface area contributed by atoms with Gasteiger partial charge in [-0.05, 0) is 43.2 Å². The number of sulfonamides is 1. The first-order valence-electron chi connectivity index (χ1n) is 11.6. The summed E-state index contributed by atoms with van der Waals surface area (Å²) < 4.78 is 42.5. The molecule has 0 aliphatic carbocycles. The fourth-order valence-electron chi connectivity index (χ4n) is 3.82. The number of benzene rings is 1. The van der Waals surface area contributed by atoms with Crippen molar-refractivity contribution in [3.8, 4) is 6.07 Å². The van der Waals surface area contributed by atoms with Gasteiger partial charge in [0.25, 0.3) is 5.91 Å². The van der Waals surface area contributed by atoms with Crippen molar-refractivity contribution in [2.75, 3.05) is 59.0 Å². The lowest BCUT2D eigenvalue weighted by molar-refractivity contribution is 0.102. The zero-order chi connectivity index (χ0) is 27.0. The smallest absolute Gasteiger partial charge is 0.410 e. The first-order chi connectivity index (χ1) is 17.8. The number of rotatable bonds is 11. The van der Waals surface area contributed by atoms with E-state index in [-0.39, 0.29) is 43.4 Å². The number of carbonyl (C=O) groups excluding carboxylic acids is 2. The van der Waals surface area contributed by atoms with E-state index >= 15 is 0 Å². The highest BCUT2D eigenvalue weighted by Gasteiger charge is 2.29. The summed E-state index contributed by atoms with van der Waals surface area (Å²) in [6, 6.07) is 7.76. The molecule has 1 aliphatic heterocycles. The number of nitrogens with zero attached hydrogens (tertiary/aromatic N) is 3. The van der Waals surface area contributed by atoms with E-state index in [1.54, 1.807) is 11.8 Å². The van der Waals surface area contributed by atoms with Gasteiger partial charge in [0.15, 0.2) is 0 Å². The fraction of sp³-hybridized carbons (Fsp3) is 0.458. The van der Waals surface area contributed by atoms with Crippen molar-refractivity contribution in [1.82, 2.24) is 9.21 Å². The molecule has 0 spiro atoms. The van der Waals surface area contributed by atoms with Crippen LogP contribution in [0.2, 0.25) is 0 Å². The molecule has 1 aromatic heterocycles. The Labute approximate surface area is 220 Å². The Morgan fingerprint density at radius 1 is 1.16 bits per heavy atom. The molecule has 1 aromatic carbocycles. The average Bonchev–Trinajstić information content (AvgIpc) is 3.24. The summed E-state index contributed by atoms with van der Waals surface area (Å²) in [6.45, 7) is 3.53. The number of hydrogen-bond acceptors (Lipinski definition) is 9. The van der Waals surface area contributed by atoms with Crippen LogP contribution < -0.4 is 5.32 Å². The molecule has 1 N–H and O–H groups in total. The molecule has 0 fully saturated rings. The third-order valence-corrected chi connectivity index (χ3v) is 8.81. The van der Waals surface area contributed by atoms with Crippen molar-refractivity contribution in [2.24, 2.45) is 0 Å². The number of amides is 2. The van der Waals surface area contributed by atoms with E-state index in [1.165, 1.54) is 54.1 Å². The molecular weight excluding hydrogens is 520 g/mol. The van der Waals surface area contributed by atoms with Gasteiger partial charge in [-0.1, -0.05) is 0 Å². The molecule has 1 aliphatic rings. The lowest BCUT2D eigenvalue weighted by Gasteiger charge is -2.25. The van der Waals surface area contributed by atoms with Gasteiger partial charge in [-0.25, -0.2) is 13.2 Å². The van der Waals surface area contributed by atoms with Crippen LogP contribution in [0.25, 0.3) is 0 Å². The second kappa shape index (κ2) is 13.0. The molecule has 0 unspecified atom stereocenters. The van der Waals surface area contributed by atoms with Crippen molar-refractivity contribution in [2.45, 2.75) is 24.8 Å². The van der Waals surface area contributed by atoms with Crippen molar-refractivity contribution in [1.29, 1.82) is 5.26 Å². The van der Waals surface area contributed by atoms with Crippen LogP contribution in [0.5, 0.6) is 0 Å². The number of nitriles is 1. The Morgan fingerprint density at radius 3 is 2.38 bits per heavy atom. The van der Waals surface area contributed by atoms with E-state index in [0.717, 1.165) is 10.4 Å². The van der Waals surface area contributed by atoms with Gasteiger partial charge in [0, 0.05) is 44.3 Å². The standard InChI is InChI=1S/C24H30N4O7S2/c1-4-35-24(30)27-10-9-19-20(15-25)23(36-21(19)16-27)26-22(29)17-5-7-18(8-6-17)37(31,32)28(11-13-33-2)12-14-34-3/h5-8H,4,9-14,16H2,1-3H3,(H,26,29). The summed E-state index contributed by atoms with van der Waals surface area (Å²) >= 11 is 1.25. The van der Waals surface area contributed by atoms with Crippen LogP contribution in [0.1, 0.15) is 33.3 Å². The second-order valence-corrected chi connectivity index (χ2v) is 11.1. The van der Waals surface area contributed by atoms with Gasteiger partial charge in [0.05, 0.1) is 36.8 Å². The zero-order valence-electron chi connectivity index (χ0n) is 21.0. The van der Waals surface area contributed by atoms with Gasteiger partial charge < -0.3 is 24.4 Å². The van der Waals surface area contributed by atoms with Gasteiger partial charge >= 0.3 is 6.09 Å². The molecule has 2 heterocycles. The quantitative estimate of drug-likeness (QED) is 0.451. The van der Waals surface area contributed by atoms with Crippen molar-refractivity contribution in [3.63, 3.8) is 0 Å². The maximum atomic E-state index is 13.1. The number of thiophene rings is 1. The molecule has 200 valence electrons. The summed E-state index contributed by atoms with van der Waals surface area (Å²) in [5.74, 6) is -0.475. The highest BCUT2D eigenvalue weighted by molar-refractivity contribution is 7.89. The van der Waals surface area contributed by atoms with Crippen LogP contribution in [0.3, 0.4) is 0 Å². The highest BCUT2D eigenvalue weighted by Crippen LogP contribution is 2.37. The van der Waals surface area contributed by atoms with E-state index in [0.29, 0.717) is 30.1 Å². The SMILES string of the molecule is CCOC(=O)N1CCc2c(sc(NC(=O)c3ccc(S(=O)(=O)N(CCOC)CCOC)cc3)c2C#N)C1. The topological polar surface area (TPSA) is 138 Å². The minimum absolute atomic E-state index is 0.0413. The van der Waals surface area contributed by atoms with Gasteiger partial charge in [-0.2, -0.15) is 9.57 Å². The Balaban J connectivity index is 1.76. The van der Waals surface area contributed by atoms with Crippen molar-refractivity contribution in [3.05, 3.63) is 45.8 Å². The van der Waals surface area contributed by atoms with E-state index in [4.69, 9.17) is 14.2 Å². The lowest BCUT2D eigenvalue weighted by atomic mass is 10.0. The zero-order valence-corrected chi connectivity index (χ0v) is 22.6. The second-order valence-electron chi connectivity index (χ2n) is 8.06. The molecule has 0 saturated carbocycles. The maximum Gasteiger partial charge on any atom is 0.410 e. The number of methoxy groups -OCH3 is 2. The Hall–Kier alpha value is -3.02. The number of carbonyl (C=O) groups is 2. The summed E-state index contributed by atoms with van der Waals surface area (Å²) in [5, 5.41) is 12.9. The largest absolute Gasteiger partial charge is 0.450 e. The Bertz CT molecular complexity index is 1250. The van der Waals surface area contributed by atoms with Crippen LogP contribution in [-0.2, 0) is 37.2 Å². The molecule has 37 heavy (non-hydrogen) atoms. The van der Waals surface area contributed by atoms with Crippen LogP contribution in [0.15, 0.2) is 29.2 Å². The molecule has 3 rings (SSSR count). The molecule has 0 bridgehead atoms. The van der Waals surface area contributed by atoms with Crippen LogP contribution in [-0.4, -0.2) is 83.3 Å². The minimum atomic E-state index is -3.82. The predicted molar refractivity (Wildman–Crippen MR) is 137 cm³/mol. The number of nitrogens with one attached hydrogen (secondary N) is 1. The van der Waals surface area contributed by atoms with E-state index in [1.807, 2.05) is 0 Å². The van der Waals surface area contributed by atoms with Crippen LogP contribution in [0.4, 0.5) is 9.80 Å². The fourth-order valence-corrected chi connectivity index (χ4v) is 6.44.